The van der Waals surface area contributed by atoms with Gasteiger partial charge in [-0.15, -0.1) is 0 Å². The zero-order chi connectivity index (χ0) is 24.6. The first-order valence-electron chi connectivity index (χ1n) is 11.8. The maximum absolute atomic E-state index is 13.4. The molecule has 0 saturated carbocycles. The second-order valence-corrected chi connectivity index (χ2v) is 11.6. The van der Waals surface area contributed by atoms with Gasteiger partial charge in [0.2, 0.25) is 0 Å². The van der Waals surface area contributed by atoms with E-state index in [4.69, 9.17) is 0 Å². The standard InChI is InChI=1S/C26H33N3O4S/c1-18-13-19(2)15-23(14-18)27-9-11-28(12-10-27)26(31)24-8-7-21(16-25(24)34(4,32)33)29-20(3)5-6-22(29)17-30/h7-8,13-17,20,22H,5-6,9-12H2,1-4H3. The summed E-state index contributed by atoms with van der Waals surface area (Å²) in [7, 11) is -3.65. The topological polar surface area (TPSA) is 78.0 Å². The zero-order valence-electron chi connectivity index (χ0n) is 20.3. The monoisotopic (exact) mass is 483 g/mol. The lowest BCUT2D eigenvalue weighted by atomic mass is 10.1. The average Bonchev–Trinajstić information content (AvgIpc) is 3.17. The Morgan fingerprint density at radius 1 is 0.941 bits per heavy atom. The van der Waals surface area contributed by atoms with Crippen LogP contribution < -0.4 is 9.80 Å². The number of rotatable bonds is 5. The van der Waals surface area contributed by atoms with E-state index in [1.165, 1.54) is 11.1 Å². The summed E-state index contributed by atoms with van der Waals surface area (Å²) in [5.41, 5.74) is 4.42. The van der Waals surface area contributed by atoms with E-state index in [9.17, 15) is 18.0 Å². The third-order valence-corrected chi connectivity index (χ3v) is 8.04. The third kappa shape index (κ3) is 4.82. The summed E-state index contributed by atoms with van der Waals surface area (Å²) in [5, 5.41) is 0. The maximum Gasteiger partial charge on any atom is 0.255 e. The van der Waals surface area contributed by atoms with Gasteiger partial charge in [-0.2, -0.15) is 0 Å². The summed E-state index contributed by atoms with van der Waals surface area (Å²) in [4.78, 5) is 30.9. The smallest absolute Gasteiger partial charge is 0.255 e. The van der Waals surface area contributed by atoms with Gasteiger partial charge >= 0.3 is 0 Å². The lowest BCUT2D eigenvalue weighted by molar-refractivity contribution is -0.108. The van der Waals surface area contributed by atoms with Gasteiger partial charge in [0.15, 0.2) is 9.84 Å². The fourth-order valence-corrected chi connectivity index (χ4v) is 6.11. The van der Waals surface area contributed by atoms with Crippen molar-refractivity contribution in [2.75, 3.05) is 42.2 Å². The molecule has 1 amide bonds. The van der Waals surface area contributed by atoms with Crippen LogP contribution in [0.4, 0.5) is 11.4 Å². The molecule has 8 heteroatoms. The van der Waals surface area contributed by atoms with Gasteiger partial charge in [-0.3, -0.25) is 4.79 Å². The number of sulfone groups is 1. The molecule has 182 valence electrons. The molecule has 2 atom stereocenters. The van der Waals surface area contributed by atoms with Crippen molar-refractivity contribution in [3.8, 4) is 0 Å². The molecule has 2 fully saturated rings. The van der Waals surface area contributed by atoms with Crippen molar-refractivity contribution in [2.24, 2.45) is 0 Å². The van der Waals surface area contributed by atoms with Crippen LogP contribution in [0.15, 0.2) is 41.3 Å². The minimum atomic E-state index is -3.65. The number of aldehydes is 1. The lowest BCUT2D eigenvalue weighted by Crippen LogP contribution is -2.49. The Bertz CT molecular complexity index is 1180. The summed E-state index contributed by atoms with van der Waals surface area (Å²) < 4.78 is 25.3. The van der Waals surface area contributed by atoms with Gasteiger partial charge in [-0.05, 0) is 75.1 Å². The first-order valence-corrected chi connectivity index (χ1v) is 13.7. The Kier molecular flexibility index (Phi) is 6.71. The molecule has 2 unspecified atom stereocenters. The average molecular weight is 484 g/mol. The van der Waals surface area contributed by atoms with E-state index < -0.39 is 9.84 Å². The van der Waals surface area contributed by atoms with Gasteiger partial charge in [0, 0.05) is 49.9 Å². The van der Waals surface area contributed by atoms with E-state index >= 15 is 0 Å². The number of carbonyl (C=O) groups excluding carboxylic acids is 2. The van der Waals surface area contributed by atoms with Crippen LogP contribution in [0, 0.1) is 13.8 Å². The van der Waals surface area contributed by atoms with Gasteiger partial charge in [0.05, 0.1) is 16.5 Å². The van der Waals surface area contributed by atoms with Crippen molar-refractivity contribution >= 4 is 33.4 Å². The van der Waals surface area contributed by atoms with E-state index in [2.05, 4.69) is 36.9 Å². The Morgan fingerprint density at radius 2 is 1.59 bits per heavy atom. The number of anilines is 2. The Labute approximate surface area is 202 Å². The fourth-order valence-electron chi connectivity index (χ4n) is 5.22. The quantitative estimate of drug-likeness (QED) is 0.608. The van der Waals surface area contributed by atoms with E-state index in [0.717, 1.165) is 31.1 Å². The largest absolute Gasteiger partial charge is 0.368 e. The minimum Gasteiger partial charge on any atom is -0.368 e. The third-order valence-electron chi connectivity index (χ3n) is 6.90. The molecule has 0 spiro atoms. The van der Waals surface area contributed by atoms with E-state index in [0.29, 0.717) is 31.9 Å². The molecular formula is C26H33N3O4S. The molecule has 2 heterocycles. The summed E-state index contributed by atoms with van der Waals surface area (Å²) in [6.07, 6.45) is 3.65. The summed E-state index contributed by atoms with van der Waals surface area (Å²) in [6.45, 7) is 8.60. The molecule has 2 saturated heterocycles. The number of nitrogens with zero attached hydrogens (tertiary/aromatic N) is 3. The van der Waals surface area contributed by atoms with Gasteiger partial charge in [0.1, 0.15) is 6.29 Å². The second kappa shape index (κ2) is 9.41. The Hall–Kier alpha value is -2.87. The van der Waals surface area contributed by atoms with Crippen LogP contribution in [0.1, 0.15) is 41.3 Å². The Balaban J connectivity index is 1.57. The molecule has 4 rings (SSSR count). The number of aryl methyl sites for hydroxylation is 2. The summed E-state index contributed by atoms with van der Waals surface area (Å²) in [6, 6.07) is 11.2. The van der Waals surface area contributed by atoms with Gasteiger partial charge in [-0.1, -0.05) is 6.07 Å². The van der Waals surface area contributed by atoms with Crippen molar-refractivity contribution in [1.29, 1.82) is 0 Å². The predicted molar refractivity (Wildman–Crippen MR) is 135 cm³/mol. The van der Waals surface area contributed by atoms with E-state index in [1.54, 1.807) is 23.1 Å². The molecule has 0 radical (unpaired) electrons. The number of benzene rings is 2. The number of hydrogen-bond donors (Lipinski definition) is 0. The fraction of sp³-hybridized carbons (Fsp3) is 0.462. The van der Waals surface area contributed by atoms with Crippen molar-refractivity contribution in [3.05, 3.63) is 53.1 Å². The SMILES string of the molecule is Cc1cc(C)cc(N2CCN(C(=O)c3ccc(N4C(C)CCC4C=O)cc3S(C)(=O)=O)CC2)c1. The lowest BCUT2D eigenvalue weighted by Gasteiger charge is -2.36. The second-order valence-electron chi connectivity index (χ2n) is 9.61. The number of amides is 1. The highest BCUT2D eigenvalue weighted by molar-refractivity contribution is 7.90. The zero-order valence-corrected chi connectivity index (χ0v) is 21.1. The molecule has 2 aliphatic heterocycles. The normalized spacial score (nSPS) is 21.1. The van der Waals surface area contributed by atoms with Crippen LogP contribution >= 0.6 is 0 Å². The molecule has 2 aliphatic rings. The first-order chi connectivity index (χ1) is 16.1. The van der Waals surface area contributed by atoms with Gasteiger partial charge < -0.3 is 19.5 Å². The van der Waals surface area contributed by atoms with Crippen molar-refractivity contribution in [2.45, 2.75) is 50.6 Å². The molecule has 2 aromatic rings. The van der Waals surface area contributed by atoms with Crippen LogP contribution in [0.25, 0.3) is 0 Å². The van der Waals surface area contributed by atoms with Crippen LogP contribution in [0.3, 0.4) is 0 Å². The highest BCUT2D eigenvalue weighted by atomic mass is 32.2. The van der Waals surface area contributed by atoms with Crippen molar-refractivity contribution in [1.82, 2.24) is 4.90 Å². The molecule has 2 aromatic carbocycles. The molecule has 0 aromatic heterocycles. The molecule has 34 heavy (non-hydrogen) atoms. The summed E-state index contributed by atoms with van der Waals surface area (Å²) in [5.74, 6) is -0.270. The predicted octanol–water partition coefficient (Wildman–Crippen LogP) is 3.23. The van der Waals surface area contributed by atoms with Crippen molar-refractivity contribution in [3.63, 3.8) is 0 Å². The highest BCUT2D eigenvalue weighted by Crippen LogP contribution is 2.33. The van der Waals surface area contributed by atoms with Crippen LogP contribution in [0.2, 0.25) is 0 Å². The van der Waals surface area contributed by atoms with Crippen LogP contribution in [0.5, 0.6) is 0 Å². The molecule has 0 N–H and O–H groups in total. The van der Waals surface area contributed by atoms with Crippen molar-refractivity contribution < 1.29 is 18.0 Å². The molecule has 0 aliphatic carbocycles. The Morgan fingerprint density at radius 3 is 2.18 bits per heavy atom. The number of carbonyl (C=O) groups is 2. The molecular weight excluding hydrogens is 450 g/mol. The minimum absolute atomic E-state index is 0.0236. The van der Waals surface area contributed by atoms with Crippen LogP contribution in [-0.2, 0) is 14.6 Å². The highest BCUT2D eigenvalue weighted by Gasteiger charge is 2.33. The van der Waals surface area contributed by atoms with E-state index in [-0.39, 0.29) is 28.4 Å². The number of hydrogen-bond acceptors (Lipinski definition) is 6. The maximum atomic E-state index is 13.4. The first kappa shape index (κ1) is 24.3. The molecule has 7 nitrogen and oxygen atoms in total. The number of piperazine rings is 1. The van der Waals surface area contributed by atoms with Gasteiger partial charge in [-0.25, -0.2) is 8.42 Å². The van der Waals surface area contributed by atoms with Crippen LogP contribution in [-0.4, -0.2) is 70.0 Å². The van der Waals surface area contributed by atoms with Gasteiger partial charge in [0.25, 0.3) is 5.91 Å². The summed E-state index contributed by atoms with van der Waals surface area (Å²) >= 11 is 0. The van der Waals surface area contributed by atoms with E-state index in [1.807, 2.05) is 11.8 Å². The molecule has 0 bridgehead atoms.